The molecule has 1 aromatic heterocycles. The molecular formula is C7H13N3O. The van der Waals surface area contributed by atoms with Crippen molar-refractivity contribution in [2.24, 2.45) is 5.73 Å². The molecule has 0 aliphatic rings. The van der Waals surface area contributed by atoms with Gasteiger partial charge >= 0.3 is 0 Å². The number of hydrogen-bond donors (Lipinski definition) is 1. The minimum Gasteiger partial charge on any atom is -0.357 e. The summed E-state index contributed by atoms with van der Waals surface area (Å²) in [5, 5.41) is 0. The average molecular weight is 155 g/mol. The van der Waals surface area contributed by atoms with Crippen molar-refractivity contribution >= 4 is 0 Å². The van der Waals surface area contributed by atoms with Gasteiger partial charge in [-0.25, -0.2) is 4.98 Å². The fraction of sp³-hybridized carbons (Fsp3) is 0.571. The fourth-order valence-corrected chi connectivity index (χ4v) is 0.809. The van der Waals surface area contributed by atoms with Crippen LogP contribution in [0, 0.1) is 0 Å². The van der Waals surface area contributed by atoms with E-state index in [-0.39, 0.29) is 6.23 Å². The lowest BCUT2D eigenvalue weighted by atomic mass is 10.6. The molecule has 0 saturated heterocycles. The zero-order chi connectivity index (χ0) is 8.10. The van der Waals surface area contributed by atoms with Gasteiger partial charge in [0, 0.05) is 18.9 Å². The highest BCUT2D eigenvalue weighted by Gasteiger charge is 2.00. The van der Waals surface area contributed by atoms with Gasteiger partial charge in [-0.2, -0.15) is 0 Å². The van der Waals surface area contributed by atoms with E-state index in [0.717, 1.165) is 0 Å². The molecule has 11 heavy (non-hydrogen) atoms. The summed E-state index contributed by atoms with van der Waals surface area (Å²) in [6.07, 6.45) is 5.34. The molecule has 0 saturated carbocycles. The van der Waals surface area contributed by atoms with Crippen LogP contribution in [0.1, 0.15) is 13.2 Å². The van der Waals surface area contributed by atoms with Crippen molar-refractivity contribution in [2.75, 3.05) is 13.2 Å². The van der Waals surface area contributed by atoms with E-state index in [1.165, 1.54) is 0 Å². The predicted octanol–water partition coefficient (Wildman–Crippen LogP) is 0.377. The van der Waals surface area contributed by atoms with Gasteiger partial charge < -0.3 is 15.0 Å². The molecule has 1 aromatic rings. The van der Waals surface area contributed by atoms with Crippen LogP contribution in [0.5, 0.6) is 0 Å². The molecule has 0 bridgehead atoms. The zero-order valence-electron chi connectivity index (χ0n) is 6.60. The molecule has 0 aromatic carbocycles. The lowest BCUT2D eigenvalue weighted by Crippen LogP contribution is -2.14. The summed E-state index contributed by atoms with van der Waals surface area (Å²) >= 11 is 0. The van der Waals surface area contributed by atoms with Crippen molar-refractivity contribution in [1.29, 1.82) is 0 Å². The lowest BCUT2D eigenvalue weighted by Gasteiger charge is -2.12. The number of aromatic nitrogens is 2. The largest absolute Gasteiger partial charge is 0.357 e. The molecular weight excluding hydrogens is 142 g/mol. The van der Waals surface area contributed by atoms with Gasteiger partial charge in [0.2, 0.25) is 0 Å². The molecule has 0 spiro atoms. The summed E-state index contributed by atoms with van der Waals surface area (Å²) in [6, 6.07) is 0. The Morgan fingerprint density at radius 1 is 1.73 bits per heavy atom. The van der Waals surface area contributed by atoms with Crippen LogP contribution in [0.3, 0.4) is 0 Å². The summed E-state index contributed by atoms with van der Waals surface area (Å²) in [7, 11) is 0. The standard InChI is InChI=1S/C7H13N3O/c1-7(11-5-2-8)10-4-3-9-6-10/h3-4,6-7H,2,5,8H2,1H3. The molecule has 4 nitrogen and oxygen atoms in total. The maximum Gasteiger partial charge on any atom is 0.132 e. The van der Waals surface area contributed by atoms with Crippen molar-refractivity contribution in [3.8, 4) is 0 Å². The molecule has 2 N–H and O–H groups in total. The number of nitrogens with two attached hydrogens (primary N) is 1. The average Bonchev–Trinajstić information content (AvgIpc) is 2.52. The summed E-state index contributed by atoms with van der Waals surface area (Å²) in [5.41, 5.74) is 5.28. The normalized spacial score (nSPS) is 13.3. The molecule has 0 radical (unpaired) electrons. The number of rotatable bonds is 4. The Morgan fingerprint density at radius 3 is 3.09 bits per heavy atom. The third kappa shape index (κ3) is 2.32. The van der Waals surface area contributed by atoms with Gasteiger partial charge in [0.1, 0.15) is 6.23 Å². The number of hydrogen-bond acceptors (Lipinski definition) is 3. The van der Waals surface area contributed by atoms with Crippen LogP contribution in [0.25, 0.3) is 0 Å². The summed E-state index contributed by atoms with van der Waals surface area (Å²) in [5.74, 6) is 0. The summed E-state index contributed by atoms with van der Waals surface area (Å²) in [4.78, 5) is 3.90. The van der Waals surface area contributed by atoms with Crippen LogP contribution in [0.2, 0.25) is 0 Å². The van der Waals surface area contributed by atoms with Gasteiger partial charge in [-0.3, -0.25) is 0 Å². The molecule has 1 heterocycles. The van der Waals surface area contributed by atoms with Crippen LogP contribution in [0.4, 0.5) is 0 Å². The van der Waals surface area contributed by atoms with Crippen LogP contribution in [-0.4, -0.2) is 22.7 Å². The minimum absolute atomic E-state index is 0.0287. The lowest BCUT2D eigenvalue weighted by molar-refractivity contribution is 0.0211. The van der Waals surface area contributed by atoms with Crippen LogP contribution >= 0.6 is 0 Å². The first-order chi connectivity index (χ1) is 5.34. The Labute approximate surface area is 66.0 Å². The van der Waals surface area contributed by atoms with Crippen LogP contribution in [-0.2, 0) is 4.74 Å². The SMILES string of the molecule is CC(OCCN)n1ccnc1. The van der Waals surface area contributed by atoms with Gasteiger partial charge in [0.05, 0.1) is 12.9 Å². The quantitative estimate of drug-likeness (QED) is 0.683. The van der Waals surface area contributed by atoms with E-state index < -0.39 is 0 Å². The van der Waals surface area contributed by atoms with E-state index in [4.69, 9.17) is 10.5 Å². The summed E-state index contributed by atoms with van der Waals surface area (Å²) < 4.78 is 7.22. The molecule has 1 atom stereocenters. The molecule has 0 aliphatic carbocycles. The van der Waals surface area contributed by atoms with E-state index in [1.807, 2.05) is 17.7 Å². The van der Waals surface area contributed by atoms with E-state index in [2.05, 4.69) is 4.98 Å². The molecule has 1 unspecified atom stereocenters. The summed E-state index contributed by atoms with van der Waals surface area (Å²) in [6.45, 7) is 3.09. The van der Waals surface area contributed by atoms with Gasteiger partial charge in [-0.15, -0.1) is 0 Å². The van der Waals surface area contributed by atoms with E-state index >= 15 is 0 Å². The Morgan fingerprint density at radius 2 is 2.55 bits per heavy atom. The molecule has 62 valence electrons. The first kappa shape index (κ1) is 8.23. The number of imidazole rings is 1. The third-order valence-electron chi connectivity index (χ3n) is 1.42. The van der Waals surface area contributed by atoms with Gasteiger partial charge in [0.25, 0.3) is 0 Å². The maximum absolute atomic E-state index is 5.33. The van der Waals surface area contributed by atoms with Crippen molar-refractivity contribution in [1.82, 2.24) is 9.55 Å². The van der Waals surface area contributed by atoms with Crippen molar-refractivity contribution in [3.05, 3.63) is 18.7 Å². The van der Waals surface area contributed by atoms with Gasteiger partial charge in [-0.05, 0) is 6.92 Å². The first-order valence-corrected chi connectivity index (χ1v) is 3.63. The fourth-order valence-electron chi connectivity index (χ4n) is 0.809. The van der Waals surface area contributed by atoms with Crippen LogP contribution in [0.15, 0.2) is 18.7 Å². The highest BCUT2D eigenvalue weighted by Crippen LogP contribution is 2.04. The van der Waals surface area contributed by atoms with Crippen LogP contribution < -0.4 is 5.73 Å². The van der Waals surface area contributed by atoms with Gasteiger partial charge in [0.15, 0.2) is 0 Å². The predicted molar refractivity (Wildman–Crippen MR) is 41.9 cm³/mol. The minimum atomic E-state index is 0.0287. The number of ether oxygens (including phenoxy) is 1. The van der Waals surface area contributed by atoms with Crippen molar-refractivity contribution in [2.45, 2.75) is 13.2 Å². The Bertz CT molecular complexity index is 186. The second-order valence-electron chi connectivity index (χ2n) is 2.27. The Balaban J connectivity index is 2.36. The molecule has 0 aliphatic heterocycles. The monoisotopic (exact) mass is 155 g/mol. The third-order valence-corrected chi connectivity index (χ3v) is 1.42. The second-order valence-corrected chi connectivity index (χ2v) is 2.27. The smallest absolute Gasteiger partial charge is 0.132 e. The van der Waals surface area contributed by atoms with E-state index in [1.54, 1.807) is 12.5 Å². The highest BCUT2D eigenvalue weighted by molar-refractivity contribution is 4.75. The molecule has 0 fully saturated rings. The molecule has 1 rings (SSSR count). The Hall–Kier alpha value is -0.870. The molecule has 4 heteroatoms. The topological polar surface area (TPSA) is 53.1 Å². The highest BCUT2D eigenvalue weighted by atomic mass is 16.5. The van der Waals surface area contributed by atoms with Crippen molar-refractivity contribution < 1.29 is 4.74 Å². The zero-order valence-corrected chi connectivity index (χ0v) is 6.60. The Kier molecular flexibility index (Phi) is 3.07. The van der Waals surface area contributed by atoms with Crippen molar-refractivity contribution in [3.63, 3.8) is 0 Å². The number of nitrogens with zero attached hydrogens (tertiary/aromatic N) is 2. The molecule has 0 amide bonds. The van der Waals surface area contributed by atoms with E-state index in [9.17, 15) is 0 Å². The van der Waals surface area contributed by atoms with Gasteiger partial charge in [-0.1, -0.05) is 0 Å². The maximum atomic E-state index is 5.33. The first-order valence-electron chi connectivity index (χ1n) is 3.63. The van der Waals surface area contributed by atoms with E-state index in [0.29, 0.717) is 13.2 Å². The second kappa shape index (κ2) is 4.10.